The number of hydrogen-bond acceptors (Lipinski definition) is 4. The third-order valence-corrected chi connectivity index (χ3v) is 2.56. The van der Waals surface area contributed by atoms with Crippen LogP contribution in [0.5, 0.6) is 0 Å². The summed E-state index contributed by atoms with van der Waals surface area (Å²) in [6.45, 7) is 1.87. The quantitative estimate of drug-likeness (QED) is 0.801. The molecule has 1 heterocycles. The number of aryl methyl sites for hydroxylation is 1. The molecule has 0 aliphatic carbocycles. The Morgan fingerprint density at radius 2 is 2.14 bits per heavy atom. The Hall–Kier alpha value is -2.90. The number of anilines is 1. The predicted octanol–water partition coefficient (Wildman–Crippen LogP) is 2.14. The Morgan fingerprint density at radius 1 is 1.38 bits per heavy atom. The summed E-state index contributed by atoms with van der Waals surface area (Å²) >= 11 is 0. The minimum atomic E-state index is -1.41. The summed E-state index contributed by atoms with van der Waals surface area (Å²) in [5, 5.41) is 17.4. The Bertz CT molecular complexity index is 684. The van der Waals surface area contributed by atoms with Crippen molar-refractivity contribution in [1.82, 2.24) is 10.5 Å². The number of hydrogen-bond donors (Lipinski definition) is 3. The van der Waals surface area contributed by atoms with Crippen molar-refractivity contribution in [2.45, 2.75) is 13.5 Å². The molecular formula is C13H12FN3O4. The first-order chi connectivity index (χ1) is 9.95. The molecule has 0 bridgehead atoms. The average Bonchev–Trinajstić information content (AvgIpc) is 2.84. The minimum absolute atomic E-state index is 0.149. The number of carbonyl (C=O) groups excluding carboxylic acids is 1. The van der Waals surface area contributed by atoms with Gasteiger partial charge >= 0.3 is 12.0 Å². The van der Waals surface area contributed by atoms with Gasteiger partial charge in [-0.3, -0.25) is 0 Å². The molecule has 0 unspecified atom stereocenters. The second-order valence-corrected chi connectivity index (χ2v) is 4.24. The topological polar surface area (TPSA) is 104 Å². The van der Waals surface area contributed by atoms with Crippen LogP contribution in [0.15, 0.2) is 28.8 Å². The highest BCUT2D eigenvalue weighted by Gasteiger charge is 2.12. The number of aromatic carboxylic acids is 1. The first-order valence-corrected chi connectivity index (χ1v) is 5.95. The SMILES string of the molecule is Cc1cc(CNC(=O)Nc2ccc(F)c(C(=O)O)c2)no1. The minimum Gasteiger partial charge on any atom is -0.478 e. The predicted molar refractivity (Wildman–Crippen MR) is 70.5 cm³/mol. The van der Waals surface area contributed by atoms with Crippen LogP contribution in [0.25, 0.3) is 0 Å². The number of carboxylic acid groups (broad SMARTS) is 1. The summed E-state index contributed by atoms with van der Waals surface area (Å²) in [6.07, 6.45) is 0. The third-order valence-electron chi connectivity index (χ3n) is 2.56. The molecule has 2 aromatic rings. The highest BCUT2D eigenvalue weighted by molar-refractivity contribution is 5.93. The van der Waals surface area contributed by atoms with Gasteiger partial charge in [-0.1, -0.05) is 5.16 Å². The summed E-state index contributed by atoms with van der Waals surface area (Å²) in [5.74, 6) is -1.65. The van der Waals surface area contributed by atoms with E-state index >= 15 is 0 Å². The number of amides is 2. The summed E-state index contributed by atoms with van der Waals surface area (Å²) in [6, 6.07) is 4.37. The second kappa shape index (κ2) is 6.04. The van der Waals surface area contributed by atoms with Crippen molar-refractivity contribution in [2.75, 3.05) is 5.32 Å². The smallest absolute Gasteiger partial charge is 0.338 e. The summed E-state index contributed by atoms with van der Waals surface area (Å²) in [7, 11) is 0. The number of nitrogens with one attached hydrogen (secondary N) is 2. The molecule has 0 saturated carbocycles. The van der Waals surface area contributed by atoms with Gasteiger partial charge in [-0.15, -0.1) is 0 Å². The molecule has 1 aromatic heterocycles. The Morgan fingerprint density at radius 3 is 2.76 bits per heavy atom. The van der Waals surface area contributed by atoms with Gasteiger partial charge in [0.2, 0.25) is 0 Å². The number of halogens is 1. The van der Waals surface area contributed by atoms with Crippen LogP contribution in [0, 0.1) is 12.7 Å². The highest BCUT2D eigenvalue weighted by Crippen LogP contribution is 2.14. The fourth-order valence-corrected chi connectivity index (χ4v) is 1.61. The molecule has 2 rings (SSSR count). The lowest BCUT2D eigenvalue weighted by Gasteiger charge is -2.07. The van der Waals surface area contributed by atoms with E-state index in [1.807, 2.05) is 0 Å². The van der Waals surface area contributed by atoms with E-state index < -0.39 is 23.4 Å². The lowest BCUT2D eigenvalue weighted by Crippen LogP contribution is -2.28. The molecule has 3 N–H and O–H groups in total. The van der Waals surface area contributed by atoms with Crippen molar-refractivity contribution in [1.29, 1.82) is 0 Å². The molecule has 110 valence electrons. The van der Waals surface area contributed by atoms with E-state index in [0.29, 0.717) is 11.5 Å². The second-order valence-electron chi connectivity index (χ2n) is 4.24. The average molecular weight is 293 g/mol. The van der Waals surface area contributed by atoms with Crippen LogP contribution in [0.1, 0.15) is 21.8 Å². The number of urea groups is 1. The van der Waals surface area contributed by atoms with E-state index in [1.165, 1.54) is 6.07 Å². The van der Waals surface area contributed by atoms with E-state index in [1.54, 1.807) is 13.0 Å². The largest absolute Gasteiger partial charge is 0.478 e. The van der Waals surface area contributed by atoms with Crippen LogP contribution in [0.2, 0.25) is 0 Å². The monoisotopic (exact) mass is 293 g/mol. The maximum atomic E-state index is 13.2. The van der Waals surface area contributed by atoms with Crippen molar-refractivity contribution >= 4 is 17.7 Å². The molecule has 21 heavy (non-hydrogen) atoms. The maximum absolute atomic E-state index is 13.2. The van der Waals surface area contributed by atoms with Gasteiger partial charge < -0.3 is 20.3 Å². The molecule has 0 aliphatic rings. The number of nitrogens with zero attached hydrogens (tertiary/aromatic N) is 1. The van der Waals surface area contributed by atoms with Crippen LogP contribution in [-0.4, -0.2) is 22.3 Å². The van der Waals surface area contributed by atoms with E-state index in [4.69, 9.17) is 9.63 Å². The van der Waals surface area contributed by atoms with E-state index in [9.17, 15) is 14.0 Å². The number of carboxylic acids is 1. The van der Waals surface area contributed by atoms with Crippen LogP contribution < -0.4 is 10.6 Å². The number of rotatable bonds is 4. The first kappa shape index (κ1) is 14.5. The zero-order valence-corrected chi connectivity index (χ0v) is 11.0. The Kier molecular flexibility index (Phi) is 4.17. The third kappa shape index (κ3) is 3.78. The molecule has 0 radical (unpaired) electrons. The normalized spacial score (nSPS) is 10.2. The van der Waals surface area contributed by atoms with Gasteiger partial charge in [-0.25, -0.2) is 14.0 Å². The van der Waals surface area contributed by atoms with Crippen molar-refractivity contribution in [3.05, 3.63) is 47.1 Å². The molecule has 0 fully saturated rings. The fourth-order valence-electron chi connectivity index (χ4n) is 1.61. The standard InChI is InChI=1S/C13H12FN3O4/c1-7-4-9(17-21-7)6-15-13(20)16-8-2-3-11(14)10(5-8)12(18)19/h2-5H,6H2,1H3,(H,18,19)(H2,15,16,20). The van der Waals surface area contributed by atoms with Crippen molar-refractivity contribution < 1.29 is 23.6 Å². The fraction of sp³-hybridized carbons (Fsp3) is 0.154. The van der Waals surface area contributed by atoms with Gasteiger partial charge in [0.25, 0.3) is 0 Å². The maximum Gasteiger partial charge on any atom is 0.338 e. The lowest BCUT2D eigenvalue weighted by molar-refractivity contribution is 0.0692. The van der Waals surface area contributed by atoms with Crippen molar-refractivity contribution in [3.63, 3.8) is 0 Å². The lowest BCUT2D eigenvalue weighted by atomic mass is 10.2. The van der Waals surface area contributed by atoms with Crippen LogP contribution in [0.4, 0.5) is 14.9 Å². The zero-order chi connectivity index (χ0) is 15.4. The molecule has 1 aromatic carbocycles. The number of aromatic nitrogens is 1. The summed E-state index contributed by atoms with van der Waals surface area (Å²) < 4.78 is 18.0. The highest BCUT2D eigenvalue weighted by atomic mass is 19.1. The molecule has 7 nitrogen and oxygen atoms in total. The number of benzene rings is 1. The van der Waals surface area contributed by atoms with Crippen molar-refractivity contribution in [2.24, 2.45) is 0 Å². The molecule has 0 aliphatic heterocycles. The number of carbonyl (C=O) groups is 2. The summed E-state index contributed by atoms with van der Waals surface area (Å²) in [5.41, 5.74) is 0.204. The van der Waals surface area contributed by atoms with Crippen LogP contribution >= 0.6 is 0 Å². The summed E-state index contributed by atoms with van der Waals surface area (Å²) in [4.78, 5) is 22.4. The Balaban J connectivity index is 1.96. The van der Waals surface area contributed by atoms with E-state index in [-0.39, 0.29) is 12.2 Å². The van der Waals surface area contributed by atoms with Crippen LogP contribution in [0.3, 0.4) is 0 Å². The van der Waals surface area contributed by atoms with Gasteiger partial charge in [0, 0.05) is 11.8 Å². The van der Waals surface area contributed by atoms with Gasteiger partial charge in [0.1, 0.15) is 17.3 Å². The molecule has 0 saturated heterocycles. The van der Waals surface area contributed by atoms with Crippen molar-refractivity contribution in [3.8, 4) is 0 Å². The van der Waals surface area contributed by atoms with E-state index in [2.05, 4.69) is 15.8 Å². The first-order valence-electron chi connectivity index (χ1n) is 5.95. The zero-order valence-electron chi connectivity index (χ0n) is 11.0. The van der Waals surface area contributed by atoms with Gasteiger partial charge in [0.05, 0.1) is 12.1 Å². The van der Waals surface area contributed by atoms with Gasteiger partial charge in [-0.05, 0) is 25.1 Å². The Labute approximate surface area is 118 Å². The molecule has 8 heteroatoms. The molecule has 0 atom stereocenters. The van der Waals surface area contributed by atoms with Crippen LogP contribution in [-0.2, 0) is 6.54 Å². The molecular weight excluding hydrogens is 281 g/mol. The van der Waals surface area contributed by atoms with Gasteiger partial charge in [0.15, 0.2) is 0 Å². The van der Waals surface area contributed by atoms with E-state index in [0.717, 1.165) is 12.1 Å². The molecule has 2 amide bonds. The molecule has 0 spiro atoms. The van der Waals surface area contributed by atoms with Gasteiger partial charge in [-0.2, -0.15) is 0 Å².